The van der Waals surface area contributed by atoms with Crippen molar-refractivity contribution < 1.29 is 20.0 Å². The Labute approximate surface area is 73.8 Å². The molecule has 0 saturated carbocycles. The number of carbonyl (C=O) groups is 1. The van der Waals surface area contributed by atoms with Crippen LogP contribution in [-0.4, -0.2) is 21.2 Å². The lowest BCUT2D eigenvalue weighted by molar-refractivity contribution is -0.729. The van der Waals surface area contributed by atoms with Gasteiger partial charge >= 0.3 is 11.7 Å². The molecule has 13 heavy (non-hydrogen) atoms. The highest BCUT2D eigenvalue weighted by molar-refractivity contribution is 5.70. The highest BCUT2D eigenvalue weighted by atomic mass is 16.6. The predicted molar refractivity (Wildman–Crippen MR) is 42.9 cm³/mol. The normalized spacial score (nSPS) is 9.54. The van der Waals surface area contributed by atoms with Crippen LogP contribution in [0.2, 0.25) is 0 Å². The van der Waals surface area contributed by atoms with Gasteiger partial charge in [0.15, 0.2) is 0 Å². The Balaban J connectivity index is 2.81. The van der Waals surface area contributed by atoms with Gasteiger partial charge in [-0.05, 0) is 5.56 Å². The third-order valence-corrected chi connectivity index (χ3v) is 1.51. The van der Waals surface area contributed by atoms with Crippen LogP contribution in [0.25, 0.3) is 0 Å². The lowest BCUT2D eigenvalue weighted by atomic mass is 10.1. The zero-order valence-corrected chi connectivity index (χ0v) is 6.67. The molecule has 68 valence electrons. The van der Waals surface area contributed by atoms with Crippen molar-refractivity contribution in [1.29, 1.82) is 0 Å². The van der Waals surface area contributed by atoms with Gasteiger partial charge in [-0.3, -0.25) is 4.79 Å². The molecular weight excluding hydrogens is 174 g/mol. The molecule has 0 bridgehead atoms. The molecular formula is C8H8NO4+. The molecule has 0 aliphatic carbocycles. The van der Waals surface area contributed by atoms with Crippen LogP contribution >= 0.6 is 0 Å². The van der Waals surface area contributed by atoms with E-state index < -0.39 is 5.97 Å². The Morgan fingerprint density at radius 1 is 1.31 bits per heavy atom. The van der Waals surface area contributed by atoms with Gasteiger partial charge in [0.2, 0.25) is 0 Å². The van der Waals surface area contributed by atoms with Crippen molar-refractivity contribution in [2.24, 2.45) is 0 Å². The molecule has 1 rings (SSSR count). The number of carboxylic acid groups (broad SMARTS) is 1. The molecule has 0 unspecified atom stereocenters. The number of nitrogens with zero attached hydrogens (tertiary/aromatic N) is 1. The molecule has 0 aromatic heterocycles. The molecule has 0 fully saturated rings. The molecule has 2 N–H and O–H groups in total. The topological polar surface area (TPSA) is 77.6 Å². The van der Waals surface area contributed by atoms with E-state index in [9.17, 15) is 9.70 Å². The molecule has 1 aromatic rings. The molecule has 0 amide bonds. The fourth-order valence-corrected chi connectivity index (χ4v) is 0.916. The van der Waals surface area contributed by atoms with Gasteiger partial charge in [-0.1, -0.05) is 12.1 Å². The van der Waals surface area contributed by atoms with Crippen molar-refractivity contribution in [2.45, 2.75) is 6.42 Å². The molecule has 0 saturated heterocycles. The van der Waals surface area contributed by atoms with E-state index in [2.05, 4.69) is 0 Å². The smallest absolute Gasteiger partial charge is 0.316 e. The summed E-state index contributed by atoms with van der Waals surface area (Å²) in [4.78, 5) is 20.3. The van der Waals surface area contributed by atoms with Gasteiger partial charge in [-0.15, -0.1) is 0 Å². The minimum absolute atomic E-state index is 0.0779. The number of aliphatic carboxylic acids is 1. The first-order valence-electron chi connectivity index (χ1n) is 3.56. The van der Waals surface area contributed by atoms with Crippen molar-refractivity contribution in [2.75, 3.05) is 0 Å². The van der Waals surface area contributed by atoms with E-state index in [1.165, 1.54) is 24.3 Å². The van der Waals surface area contributed by atoms with Crippen LogP contribution in [0.3, 0.4) is 0 Å². The van der Waals surface area contributed by atoms with Crippen LogP contribution in [0.1, 0.15) is 5.56 Å². The van der Waals surface area contributed by atoms with Gasteiger partial charge in [-0.25, -0.2) is 5.21 Å². The highest BCUT2D eigenvalue weighted by Crippen LogP contribution is 2.11. The lowest BCUT2D eigenvalue weighted by Crippen LogP contribution is -2.00. The summed E-state index contributed by atoms with van der Waals surface area (Å²) in [6.45, 7) is 0. The Hall–Kier alpha value is -1.91. The summed E-state index contributed by atoms with van der Waals surface area (Å²) in [5.41, 5.74) is 0.659. The first kappa shape index (κ1) is 9.18. The molecule has 0 atom stereocenters. The van der Waals surface area contributed by atoms with Crippen molar-refractivity contribution >= 4 is 11.7 Å². The number of hydrogen-bond acceptors (Lipinski definition) is 2. The van der Waals surface area contributed by atoms with Crippen LogP contribution in [-0.2, 0) is 11.2 Å². The van der Waals surface area contributed by atoms with Gasteiger partial charge in [0, 0.05) is 12.1 Å². The lowest BCUT2D eigenvalue weighted by Gasteiger charge is -1.93. The average molecular weight is 182 g/mol. The summed E-state index contributed by atoms with van der Waals surface area (Å²) < 4.78 is 0. The number of rotatable bonds is 3. The van der Waals surface area contributed by atoms with E-state index >= 15 is 0 Å². The second-order valence-electron chi connectivity index (χ2n) is 2.51. The molecule has 0 heterocycles. The molecule has 0 spiro atoms. The fraction of sp³-hybridized carbons (Fsp3) is 0.125. The standard InChI is InChI=1S/C8H7NO4/c10-8(11)5-6-1-3-7(4-2-6)9(12)13/h1-4H,5H2,(H-,10,11,12,13)/p+1. The summed E-state index contributed by atoms with van der Waals surface area (Å²) in [5, 5.41) is 16.9. The maximum Gasteiger partial charge on any atom is 0.316 e. The third-order valence-electron chi connectivity index (χ3n) is 1.51. The number of hydrogen-bond donors (Lipinski definition) is 2. The van der Waals surface area contributed by atoms with E-state index in [1.54, 1.807) is 0 Å². The van der Waals surface area contributed by atoms with Crippen molar-refractivity contribution in [1.82, 2.24) is 0 Å². The molecule has 1 aromatic carbocycles. The van der Waals surface area contributed by atoms with Gasteiger partial charge in [0.05, 0.1) is 11.3 Å². The van der Waals surface area contributed by atoms with E-state index in [-0.39, 0.29) is 17.0 Å². The van der Waals surface area contributed by atoms with Crippen molar-refractivity contribution in [3.8, 4) is 0 Å². The zero-order valence-electron chi connectivity index (χ0n) is 6.67. The Kier molecular flexibility index (Phi) is 2.59. The maximum absolute atomic E-state index is 10.3. The molecule has 0 radical (unpaired) electrons. The summed E-state index contributed by atoms with van der Waals surface area (Å²) >= 11 is 0. The second-order valence-corrected chi connectivity index (χ2v) is 2.51. The summed E-state index contributed by atoms with van der Waals surface area (Å²) in [5.74, 6) is -0.935. The second kappa shape index (κ2) is 3.66. The van der Waals surface area contributed by atoms with Crippen LogP contribution in [0.5, 0.6) is 0 Å². The minimum atomic E-state index is -0.935. The SMILES string of the molecule is O=C(O)Cc1ccc([N+](=O)O)cc1. The van der Waals surface area contributed by atoms with Gasteiger partial charge in [0.1, 0.15) is 0 Å². The van der Waals surface area contributed by atoms with E-state index in [4.69, 9.17) is 10.3 Å². The number of benzene rings is 1. The van der Waals surface area contributed by atoms with Crippen LogP contribution in [0.15, 0.2) is 24.3 Å². The van der Waals surface area contributed by atoms with Crippen LogP contribution < -0.4 is 0 Å². The van der Waals surface area contributed by atoms with E-state index in [1.807, 2.05) is 0 Å². The minimum Gasteiger partial charge on any atom is -0.481 e. The van der Waals surface area contributed by atoms with E-state index in [0.29, 0.717) is 5.56 Å². The Bertz CT molecular complexity index is 331. The highest BCUT2D eigenvalue weighted by Gasteiger charge is 2.10. The summed E-state index contributed by atoms with van der Waals surface area (Å²) in [6.07, 6.45) is -0.0927. The van der Waals surface area contributed by atoms with Gasteiger partial charge in [-0.2, -0.15) is 0 Å². The zero-order chi connectivity index (χ0) is 9.84. The fourth-order valence-electron chi connectivity index (χ4n) is 0.916. The quantitative estimate of drug-likeness (QED) is 0.686. The maximum atomic E-state index is 10.3. The van der Waals surface area contributed by atoms with Gasteiger partial charge in [0.25, 0.3) is 4.92 Å². The van der Waals surface area contributed by atoms with E-state index in [0.717, 1.165) is 0 Å². The molecule has 0 aliphatic heterocycles. The van der Waals surface area contributed by atoms with Crippen molar-refractivity contribution in [3.05, 3.63) is 34.7 Å². The predicted octanol–water partition coefficient (Wildman–Crippen LogP) is 1.11. The summed E-state index contributed by atoms with van der Waals surface area (Å²) in [6, 6.07) is 5.66. The number of carboxylic acids is 1. The van der Waals surface area contributed by atoms with Crippen LogP contribution in [0.4, 0.5) is 5.69 Å². The Morgan fingerprint density at radius 3 is 2.23 bits per heavy atom. The molecule has 5 nitrogen and oxygen atoms in total. The monoisotopic (exact) mass is 182 g/mol. The first-order chi connectivity index (χ1) is 6.09. The Morgan fingerprint density at radius 2 is 1.85 bits per heavy atom. The summed E-state index contributed by atoms with van der Waals surface area (Å²) in [7, 11) is 0. The first-order valence-corrected chi connectivity index (χ1v) is 3.56. The van der Waals surface area contributed by atoms with Crippen LogP contribution in [0, 0.1) is 4.91 Å². The van der Waals surface area contributed by atoms with Gasteiger partial charge < -0.3 is 5.11 Å². The largest absolute Gasteiger partial charge is 0.481 e. The van der Waals surface area contributed by atoms with Crippen molar-refractivity contribution in [3.63, 3.8) is 0 Å². The molecule has 5 heteroatoms. The molecule has 0 aliphatic rings. The average Bonchev–Trinajstić information content (AvgIpc) is 2.04. The third kappa shape index (κ3) is 2.55.